The molecule has 0 unspecified atom stereocenters. The van der Waals surface area contributed by atoms with Crippen LogP contribution in [0.4, 0.5) is 0 Å². The highest BCUT2D eigenvalue weighted by Crippen LogP contribution is 2.44. The lowest BCUT2D eigenvalue weighted by atomic mass is 9.85. The summed E-state index contributed by atoms with van der Waals surface area (Å²) in [5.74, 6) is 0. The topological polar surface area (TPSA) is 60.7 Å². The average molecular weight is 553 g/mol. The summed E-state index contributed by atoms with van der Waals surface area (Å²) in [6.45, 7) is 0. The molecule has 0 fully saturated rings. The van der Waals surface area contributed by atoms with E-state index >= 15 is 0 Å². The summed E-state index contributed by atoms with van der Waals surface area (Å²) < 4.78 is 8.59. The molecule has 0 bridgehead atoms. The molecule has 0 amide bonds. The van der Waals surface area contributed by atoms with Crippen LogP contribution in [-0.4, -0.2) is 0 Å². The molecule has 3 nitrogen and oxygen atoms in total. The van der Waals surface area contributed by atoms with Gasteiger partial charge in [-0.2, -0.15) is 10.5 Å². The predicted octanol–water partition coefficient (Wildman–Crippen LogP) is 10.7. The lowest BCUT2D eigenvalue weighted by molar-refractivity contribution is 0.669. The SMILES string of the molecule is N#Cc1ccc(-c2c(-c3ccc4oc5ccccc5c4c3)cc(C#N)cc2-c2ccc3sc4ccccc4c3c2)cc1. The van der Waals surface area contributed by atoms with E-state index < -0.39 is 0 Å². The molecule has 2 aromatic heterocycles. The third-order valence-electron chi connectivity index (χ3n) is 7.95. The fourth-order valence-electron chi connectivity index (χ4n) is 5.97. The highest BCUT2D eigenvalue weighted by molar-refractivity contribution is 7.25. The summed E-state index contributed by atoms with van der Waals surface area (Å²) in [6, 6.07) is 45.6. The summed E-state index contributed by atoms with van der Waals surface area (Å²) in [5.41, 5.74) is 8.83. The Morgan fingerprint density at radius 3 is 1.83 bits per heavy atom. The van der Waals surface area contributed by atoms with E-state index in [1.54, 1.807) is 11.3 Å². The van der Waals surface area contributed by atoms with Crippen LogP contribution in [0.3, 0.4) is 0 Å². The molecule has 2 heterocycles. The van der Waals surface area contributed by atoms with E-state index in [9.17, 15) is 10.5 Å². The molecule has 0 aliphatic rings. The highest BCUT2D eigenvalue weighted by Gasteiger charge is 2.19. The lowest BCUT2D eigenvalue weighted by Gasteiger charge is -2.18. The zero-order valence-electron chi connectivity index (χ0n) is 22.3. The molecule has 0 aliphatic carbocycles. The number of nitrogens with zero attached hydrogens (tertiary/aromatic N) is 2. The minimum absolute atomic E-state index is 0.588. The van der Waals surface area contributed by atoms with E-state index in [2.05, 4.69) is 72.8 Å². The Labute approximate surface area is 245 Å². The van der Waals surface area contributed by atoms with Crippen molar-refractivity contribution in [3.8, 4) is 45.5 Å². The van der Waals surface area contributed by atoms with Crippen LogP contribution in [0.2, 0.25) is 0 Å². The van der Waals surface area contributed by atoms with Crippen LogP contribution in [-0.2, 0) is 0 Å². The Morgan fingerprint density at radius 2 is 1.07 bits per heavy atom. The monoisotopic (exact) mass is 552 g/mol. The molecule has 0 spiro atoms. The number of hydrogen-bond donors (Lipinski definition) is 0. The van der Waals surface area contributed by atoms with E-state index in [0.717, 1.165) is 55.3 Å². The van der Waals surface area contributed by atoms with E-state index in [4.69, 9.17) is 4.42 Å². The van der Waals surface area contributed by atoms with Crippen molar-refractivity contribution < 1.29 is 4.42 Å². The Kier molecular flexibility index (Phi) is 5.44. The first-order valence-electron chi connectivity index (χ1n) is 13.6. The summed E-state index contributed by atoms with van der Waals surface area (Å²) >= 11 is 1.79. The molecule has 194 valence electrons. The van der Waals surface area contributed by atoms with Crippen molar-refractivity contribution in [1.82, 2.24) is 0 Å². The number of benzene rings is 6. The molecule has 0 saturated carbocycles. The van der Waals surface area contributed by atoms with Gasteiger partial charge in [0.2, 0.25) is 0 Å². The van der Waals surface area contributed by atoms with Crippen molar-refractivity contribution in [2.45, 2.75) is 0 Å². The van der Waals surface area contributed by atoms with Gasteiger partial charge in [-0.1, -0.05) is 60.7 Å². The van der Waals surface area contributed by atoms with Gasteiger partial charge in [0, 0.05) is 30.9 Å². The molecule has 8 aromatic rings. The number of para-hydroxylation sites is 1. The minimum Gasteiger partial charge on any atom is -0.456 e. The molecule has 0 saturated heterocycles. The number of nitriles is 2. The molecular weight excluding hydrogens is 532 g/mol. The number of rotatable bonds is 3. The second-order valence-corrected chi connectivity index (χ2v) is 11.4. The normalized spacial score (nSPS) is 11.3. The zero-order valence-corrected chi connectivity index (χ0v) is 23.1. The summed E-state index contributed by atoms with van der Waals surface area (Å²) in [5, 5.41) is 24.2. The molecule has 8 rings (SSSR count). The van der Waals surface area contributed by atoms with Crippen LogP contribution in [0.5, 0.6) is 0 Å². The van der Waals surface area contributed by atoms with Gasteiger partial charge in [0.05, 0.1) is 23.3 Å². The maximum absolute atomic E-state index is 10.2. The van der Waals surface area contributed by atoms with Gasteiger partial charge in [0.1, 0.15) is 11.2 Å². The summed E-state index contributed by atoms with van der Waals surface area (Å²) in [4.78, 5) is 0. The summed E-state index contributed by atoms with van der Waals surface area (Å²) in [6.07, 6.45) is 0. The van der Waals surface area contributed by atoms with Crippen molar-refractivity contribution in [2.75, 3.05) is 0 Å². The van der Waals surface area contributed by atoms with E-state index in [-0.39, 0.29) is 0 Å². The first-order valence-corrected chi connectivity index (χ1v) is 14.4. The summed E-state index contributed by atoms with van der Waals surface area (Å²) in [7, 11) is 0. The molecule has 4 heteroatoms. The van der Waals surface area contributed by atoms with Gasteiger partial charge in [-0.05, 0) is 94.0 Å². The molecule has 0 atom stereocenters. The maximum atomic E-state index is 10.2. The van der Waals surface area contributed by atoms with Gasteiger partial charge in [0.15, 0.2) is 0 Å². The van der Waals surface area contributed by atoms with Gasteiger partial charge in [-0.3, -0.25) is 0 Å². The highest BCUT2D eigenvalue weighted by atomic mass is 32.1. The van der Waals surface area contributed by atoms with E-state index in [1.165, 1.54) is 20.2 Å². The van der Waals surface area contributed by atoms with E-state index in [1.807, 2.05) is 60.7 Å². The Bertz CT molecular complexity index is 2300. The third kappa shape index (κ3) is 3.79. The number of thiophene rings is 1. The van der Waals surface area contributed by atoms with Crippen molar-refractivity contribution in [2.24, 2.45) is 0 Å². The van der Waals surface area contributed by atoms with Crippen LogP contribution in [0.1, 0.15) is 11.1 Å². The van der Waals surface area contributed by atoms with Crippen LogP contribution in [0.25, 0.3) is 75.5 Å². The van der Waals surface area contributed by atoms with Gasteiger partial charge in [0.25, 0.3) is 0 Å². The number of hydrogen-bond acceptors (Lipinski definition) is 4. The Morgan fingerprint density at radius 1 is 0.476 bits per heavy atom. The molecule has 42 heavy (non-hydrogen) atoms. The van der Waals surface area contributed by atoms with Crippen LogP contribution < -0.4 is 0 Å². The van der Waals surface area contributed by atoms with E-state index in [0.29, 0.717) is 11.1 Å². The molecular formula is C38H20N2OS. The average Bonchev–Trinajstić information content (AvgIpc) is 3.61. The minimum atomic E-state index is 0.588. The van der Waals surface area contributed by atoms with Crippen LogP contribution in [0.15, 0.2) is 126 Å². The Balaban J connectivity index is 1.44. The standard InChI is InChI=1S/C38H20N2OS/c39-21-23-9-11-25(12-10-23)38-30(26-13-15-35-32(19-26)28-5-1-3-7-34(28)41-35)17-24(22-40)18-31(38)27-14-16-37-33(20-27)29-6-2-4-8-36(29)42-37/h1-20H. The van der Waals surface area contributed by atoms with Gasteiger partial charge < -0.3 is 4.42 Å². The van der Waals surface area contributed by atoms with Crippen molar-refractivity contribution in [3.63, 3.8) is 0 Å². The van der Waals surface area contributed by atoms with Gasteiger partial charge >= 0.3 is 0 Å². The van der Waals surface area contributed by atoms with Crippen LogP contribution >= 0.6 is 11.3 Å². The fourth-order valence-corrected chi connectivity index (χ4v) is 7.06. The number of fused-ring (bicyclic) bond motifs is 6. The first kappa shape index (κ1) is 24.1. The molecule has 0 radical (unpaired) electrons. The predicted molar refractivity (Wildman–Crippen MR) is 172 cm³/mol. The van der Waals surface area contributed by atoms with Gasteiger partial charge in [-0.25, -0.2) is 0 Å². The number of furan rings is 1. The molecule has 0 N–H and O–H groups in total. The third-order valence-corrected chi connectivity index (χ3v) is 9.10. The fraction of sp³-hybridized carbons (Fsp3) is 0. The smallest absolute Gasteiger partial charge is 0.135 e. The first-order chi connectivity index (χ1) is 20.7. The van der Waals surface area contributed by atoms with Crippen molar-refractivity contribution in [3.05, 3.63) is 132 Å². The quantitative estimate of drug-likeness (QED) is 0.219. The second kappa shape index (κ2) is 9.46. The van der Waals surface area contributed by atoms with Crippen LogP contribution in [0, 0.1) is 22.7 Å². The molecule has 0 aliphatic heterocycles. The lowest BCUT2D eigenvalue weighted by Crippen LogP contribution is -1.93. The Hall–Kier alpha value is -5.68. The zero-order chi connectivity index (χ0) is 28.2. The van der Waals surface area contributed by atoms with Gasteiger partial charge in [-0.15, -0.1) is 11.3 Å². The van der Waals surface area contributed by atoms with Crippen molar-refractivity contribution >= 4 is 53.4 Å². The van der Waals surface area contributed by atoms with Crippen molar-refractivity contribution in [1.29, 1.82) is 10.5 Å². The maximum Gasteiger partial charge on any atom is 0.135 e. The molecule has 6 aromatic carbocycles. The largest absolute Gasteiger partial charge is 0.456 e. The second-order valence-electron chi connectivity index (χ2n) is 10.4.